The number of pyridine rings is 1. The first-order valence-corrected chi connectivity index (χ1v) is 7.97. The van der Waals surface area contributed by atoms with Crippen molar-refractivity contribution in [2.75, 3.05) is 5.32 Å². The van der Waals surface area contributed by atoms with Gasteiger partial charge in [-0.3, -0.25) is 9.78 Å². The van der Waals surface area contributed by atoms with Crippen molar-refractivity contribution in [2.24, 2.45) is 0 Å². The molecule has 24 heavy (non-hydrogen) atoms. The highest BCUT2D eigenvalue weighted by Crippen LogP contribution is 2.25. The van der Waals surface area contributed by atoms with Gasteiger partial charge in [-0.25, -0.2) is 4.39 Å². The standard InChI is InChI=1S/C20H19FN2O/c1-4-16-13(3)19(14-7-5-6-8-17(14)22-16)20(24)23-18-10-9-12(2)11-15(18)21/h5-11H,4H2,1-3H3,(H,23,24). The van der Waals surface area contributed by atoms with Crippen molar-refractivity contribution >= 4 is 22.5 Å². The monoisotopic (exact) mass is 322 g/mol. The minimum Gasteiger partial charge on any atom is -0.319 e. The highest BCUT2D eigenvalue weighted by molar-refractivity contribution is 6.13. The van der Waals surface area contributed by atoms with E-state index >= 15 is 0 Å². The molecule has 0 fully saturated rings. The van der Waals surface area contributed by atoms with E-state index in [1.807, 2.05) is 45.0 Å². The lowest BCUT2D eigenvalue weighted by molar-refractivity contribution is 0.102. The van der Waals surface area contributed by atoms with Gasteiger partial charge in [-0.2, -0.15) is 0 Å². The number of amides is 1. The number of benzene rings is 2. The molecule has 1 N–H and O–H groups in total. The number of nitrogens with zero attached hydrogens (tertiary/aromatic N) is 1. The fourth-order valence-electron chi connectivity index (χ4n) is 2.90. The molecule has 3 nitrogen and oxygen atoms in total. The zero-order valence-corrected chi connectivity index (χ0v) is 14.0. The van der Waals surface area contributed by atoms with E-state index in [0.29, 0.717) is 5.56 Å². The van der Waals surface area contributed by atoms with Crippen LogP contribution in [0.25, 0.3) is 10.9 Å². The molecule has 0 aliphatic heterocycles. The first-order chi connectivity index (χ1) is 11.5. The molecular weight excluding hydrogens is 303 g/mol. The molecule has 0 aliphatic carbocycles. The number of nitrogens with one attached hydrogen (secondary N) is 1. The van der Waals surface area contributed by atoms with Crippen LogP contribution in [-0.2, 0) is 6.42 Å². The largest absolute Gasteiger partial charge is 0.319 e. The molecule has 3 aromatic rings. The van der Waals surface area contributed by atoms with Crippen molar-refractivity contribution in [3.05, 3.63) is 70.7 Å². The molecule has 2 aromatic carbocycles. The second kappa shape index (κ2) is 6.40. The van der Waals surface area contributed by atoms with Crippen LogP contribution < -0.4 is 5.32 Å². The van der Waals surface area contributed by atoms with E-state index in [1.165, 1.54) is 6.07 Å². The number of para-hydroxylation sites is 1. The maximum Gasteiger partial charge on any atom is 0.256 e. The van der Waals surface area contributed by atoms with Gasteiger partial charge in [-0.05, 0) is 49.6 Å². The highest BCUT2D eigenvalue weighted by atomic mass is 19.1. The Hall–Kier alpha value is -2.75. The smallest absolute Gasteiger partial charge is 0.256 e. The summed E-state index contributed by atoms with van der Waals surface area (Å²) in [6.07, 6.45) is 0.732. The van der Waals surface area contributed by atoms with Crippen LogP contribution in [0.4, 0.5) is 10.1 Å². The van der Waals surface area contributed by atoms with E-state index in [4.69, 9.17) is 0 Å². The summed E-state index contributed by atoms with van der Waals surface area (Å²) in [5.41, 5.74) is 4.03. The predicted molar refractivity (Wildman–Crippen MR) is 94.9 cm³/mol. The molecule has 1 aromatic heterocycles. The van der Waals surface area contributed by atoms with Crippen LogP contribution in [0, 0.1) is 19.7 Å². The number of rotatable bonds is 3. The summed E-state index contributed by atoms with van der Waals surface area (Å²) in [5, 5.41) is 3.47. The van der Waals surface area contributed by atoms with Gasteiger partial charge in [0.05, 0.1) is 16.8 Å². The van der Waals surface area contributed by atoms with Gasteiger partial charge >= 0.3 is 0 Å². The second-order valence-electron chi connectivity index (χ2n) is 5.87. The number of carbonyl (C=O) groups is 1. The summed E-state index contributed by atoms with van der Waals surface area (Å²) in [7, 11) is 0. The maximum atomic E-state index is 14.1. The number of aryl methyl sites for hydroxylation is 2. The van der Waals surface area contributed by atoms with Crippen molar-refractivity contribution in [3.8, 4) is 0 Å². The molecule has 0 spiro atoms. The van der Waals surface area contributed by atoms with E-state index in [1.54, 1.807) is 12.1 Å². The fraction of sp³-hybridized carbons (Fsp3) is 0.200. The molecule has 1 amide bonds. The van der Waals surface area contributed by atoms with Gasteiger partial charge in [-0.15, -0.1) is 0 Å². The fourth-order valence-corrected chi connectivity index (χ4v) is 2.90. The Bertz CT molecular complexity index is 934. The summed E-state index contributed by atoms with van der Waals surface area (Å²) in [6, 6.07) is 12.3. The van der Waals surface area contributed by atoms with E-state index < -0.39 is 5.82 Å². The van der Waals surface area contributed by atoms with Gasteiger partial charge in [0.2, 0.25) is 0 Å². The third-order valence-corrected chi connectivity index (χ3v) is 4.17. The van der Waals surface area contributed by atoms with Crippen LogP contribution in [-0.4, -0.2) is 10.9 Å². The average Bonchev–Trinajstić information content (AvgIpc) is 2.56. The minimum absolute atomic E-state index is 0.184. The van der Waals surface area contributed by atoms with Gasteiger partial charge in [-0.1, -0.05) is 31.2 Å². The summed E-state index contributed by atoms with van der Waals surface area (Å²) < 4.78 is 14.1. The maximum absolute atomic E-state index is 14.1. The zero-order chi connectivity index (χ0) is 17.3. The van der Waals surface area contributed by atoms with Crippen LogP contribution in [0.2, 0.25) is 0 Å². The van der Waals surface area contributed by atoms with Crippen LogP contribution in [0.5, 0.6) is 0 Å². The molecule has 0 atom stereocenters. The quantitative estimate of drug-likeness (QED) is 0.752. The minimum atomic E-state index is -0.435. The lowest BCUT2D eigenvalue weighted by Crippen LogP contribution is -2.16. The first kappa shape index (κ1) is 16.1. The zero-order valence-electron chi connectivity index (χ0n) is 14.0. The van der Waals surface area contributed by atoms with Crippen molar-refractivity contribution in [3.63, 3.8) is 0 Å². The molecule has 1 heterocycles. The average molecular weight is 322 g/mol. The topological polar surface area (TPSA) is 42.0 Å². The molecule has 0 bridgehead atoms. The molecule has 4 heteroatoms. The van der Waals surface area contributed by atoms with E-state index in [0.717, 1.165) is 34.1 Å². The summed E-state index contributed by atoms with van der Waals surface area (Å²) in [6.45, 7) is 5.70. The predicted octanol–water partition coefficient (Wildman–Crippen LogP) is 4.81. The van der Waals surface area contributed by atoms with Crippen LogP contribution in [0.15, 0.2) is 42.5 Å². The number of anilines is 1. The Morgan fingerprint density at radius 1 is 1.17 bits per heavy atom. The first-order valence-electron chi connectivity index (χ1n) is 7.97. The molecule has 3 rings (SSSR count). The van der Waals surface area contributed by atoms with E-state index in [2.05, 4.69) is 10.3 Å². The van der Waals surface area contributed by atoms with Gasteiger partial charge in [0.25, 0.3) is 5.91 Å². The third-order valence-electron chi connectivity index (χ3n) is 4.17. The van der Waals surface area contributed by atoms with Gasteiger partial charge in [0.1, 0.15) is 5.82 Å². The summed E-state index contributed by atoms with van der Waals surface area (Å²) >= 11 is 0. The Morgan fingerprint density at radius 3 is 2.62 bits per heavy atom. The molecular formula is C20H19FN2O. The lowest BCUT2D eigenvalue weighted by Gasteiger charge is -2.14. The Balaban J connectivity index is 2.10. The third kappa shape index (κ3) is 2.87. The Morgan fingerprint density at radius 2 is 1.92 bits per heavy atom. The molecule has 0 saturated heterocycles. The SMILES string of the molecule is CCc1nc2ccccc2c(C(=O)Nc2ccc(C)cc2F)c1C. The van der Waals surface area contributed by atoms with Gasteiger partial charge in [0, 0.05) is 11.1 Å². The number of halogens is 1. The van der Waals surface area contributed by atoms with Crippen LogP contribution in [0.1, 0.15) is 34.1 Å². The number of fused-ring (bicyclic) bond motifs is 1. The highest BCUT2D eigenvalue weighted by Gasteiger charge is 2.18. The molecule has 0 unspecified atom stereocenters. The summed E-state index contributed by atoms with van der Waals surface area (Å²) in [4.78, 5) is 17.5. The van der Waals surface area contributed by atoms with E-state index in [9.17, 15) is 9.18 Å². The van der Waals surface area contributed by atoms with Gasteiger partial charge < -0.3 is 5.32 Å². The van der Waals surface area contributed by atoms with Crippen molar-refractivity contribution in [1.82, 2.24) is 4.98 Å². The number of carbonyl (C=O) groups excluding carboxylic acids is 1. The number of hydrogen-bond acceptors (Lipinski definition) is 2. The van der Waals surface area contributed by atoms with Crippen LogP contribution in [0.3, 0.4) is 0 Å². The number of hydrogen-bond donors (Lipinski definition) is 1. The molecule has 122 valence electrons. The second-order valence-corrected chi connectivity index (χ2v) is 5.87. The van der Waals surface area contributed by atoms with Crippen molar-refractivity contribution in [1.29, 1.82) is 0 Å². The molecule has 0 aliphatic rings. The van der Waals surface area contributed by atoms with Crippen LogP contribution >= 0.6 is 0 Å². The Labute approximate surface area is 140 Å². The van der Waals surface area contributed by atoms with Crippen molar-refractivity contribution in [2.45, 2.75) is 27.2 Å². The summed E-state index contributed by atoms with van der Waals surface area (Å²) in [5.74, 6) is -0.751. The van der Waals surface area contributed by atoms with Crippen molar-refractivity contribution < 1.29 is 9.18 Å². The van der Waals surface area contributed by atoms with E-state index in [-0.39, 0.29) is 11.6 Å². The molecule has 0 saturated carbocycles. The van der Waals surface area contributed by atoms with Gasteiger partial charge in [0.15, 0.2) is 0 Å². The lowest BCUT2D eigenvalue weighted by atomic mass is 9.99. The normalized spacial score (nSPS) is 10.8. The number of aromatic nitrogens is 1. The molecule has 0 radical (unpaired) electrons. The Kier molecular flexibility index (Phi) is 4.30.